The van der Waals surface area contributed by atoms with E-state index < -0.39 is 0 Å². The molecule has 0 spiro atoms. The number of aryl methyl sites for hydroxylation is 1. The van der Waals surface area contributed by atoms with Crippen molar-refractivity contribution in [2.24, 2.45) is 0 Å². The third-order valence-electron chi connectivity index (χ3n) is 6.86. The standard InChI is InChI=1S/C34H36O4S/c1-25-18-20-30(21-19-25)39-34-33(37-24-29-16-10-5-11-17-29)32(36-23-28-14-8-4-9-15-28)31(26(2)38-34)35-22-27-12-6-3-7-13-27/h3-21,26,31-34H,22-24H2,1-2H3/t26-,31-,32-,33+,34+/m1/s1. The van der Waals surface area contributed by atoms with Crippen molar-refractivity contribution in [2.45, 2.75) is 68.4 Å². The highest BCUT2D eigenvalue weighted by Crippen LogP contribution is 2.38. The number of ether oxygens (including phenoxy) is 4. The van der Waals surface area contributed by atoms with Crippen LogP contribution < -0.4 is 0 Å². The average molecular weight is 541 g/mol. The fourth-order valence-electron chi connectivity index (χ4n) is 4.71. The molecule has 202 valence electrons. The third kappa shape index (κ3) is 7.81. The summed E-state index contributed by atoms with van der Waals surface area (Å²) in [5.74, 6) is 0. The number of hydrogen-bond donors (Lipinski definition) is 0. The molecule has 1 aliphatic rings. The zero-order chi connectivity index (χ0) is 26.9. The van der Waals surface area contributed by atoms with Gasteiger partial charge in [0.2, 0.25) is 0 Å². The van der Waals surface area contributed by atoms with Gasteiger partial charge in [0.1, 0.15) is 23.7 Å². The number of thioether (sulfide) groups is 1. The van der Waals surface area contributed by atoms with Gasteiger partial charge in [0.15, 0.2) is 0 Å². The fraction of sp³-hybridized carbons (Fsp3) is 0.294. The van der Waals surface area contributed by atoms with E-state index in [9.17, 15) is 0 Å². The molecule has 0 aliphatic carbocycles. The smallest absolute Gasteiger partial charge is 0.136 e. The molecular weight excluding hydrogens is 504 g/mol. The van der Waals surface area contributed by atoms with Crippen LogP contribution in [0.2, 0.25) is 0 Å². The molecule has 0 bridgehead atoms. The van der Waals surface area contributed by atoms with E-state index in [1.807, 2.05) is 54.6 Å². The molecule has 4 aromatic carbocycles. The molecule has 0 unspecified atom stereocenters. The second-order valence-electron chi connectivity index (χ2n) is 9.92. The number of benzene rings is 4. The lowest BCUT2D eigenvalue weighted by Gasteiger charge is -2.45. The first-order chi connectivity index (χ1) is 19.2. The van der Waals surface area contributed by atoms with Crippen molar-refractivity contribution >= 4 is 11.8 Å². The van der Waals surface area contributed by atoms with Gasteiger partial charge < -0.3 is 18.9 Å². The molecule has 0 amide bonds. The predicted octanol–water partition coefficient (Wildman–Crippen LogP) is 7.59. The van der Waals surface area contributed by atoms with Gasteiger partial charge in [-0.05, 0) is 42.7 Å². The van der Waals surface area contributed by atoms with Gasteiger partial charge in [-0.3, -0.25) is 0 Å². The Morgan fingerprint density at radius 1 is 0.564 bits per heavy atom. The first-order valence-corrected chi connectivity index (χ1v) is 14.4. The topological polar surface area (TPSA) is 36.9 Å². The summed E-state index contributed by atoms with van der Waals surface area (Å²) < 4.78 is 26.5. The van der Waals surface area contributed by atoms with Gasteiger partial charge in [0, 0.05) is 4.90 Å². The van der Waals surface area contributed by atoms with E-state index in [0.717, 1.165) is 21.6 Å². The molecule has 4 aromatic rings. The molecule has 5 atom stereocenters. The molecule has 1 heterocycles. The Labute approximate surface area is 236 Å². The second-order valence-corrected chi connectivity index (χ2v) is 11.1. The molecule has 0 aromatic heterocycles. The molecule has 0 saturated carbocycles. The summed E-state index contributed by atoms with van der Waals surface area (Å²) >= 11 is 1.68. The SMILES string of the molecule is Cc1ccc(S[C@@H]2O[C@H](C)[C@@H](OCc3ccccc3)[C@@H](OCc3ccccc3)[C@@H]2OCc2ccccc2)cc1. The van der Waals surface area contributed by atoms with Gasteiger partial charge in [-0.2, -0.15) is 0 Å². The molecule has 1 saturated heterocycles. The average Bonchev–Trinajstić information content (AvgIpc) is 2.98. The zero-order valence-electron chi connectivity index (χ0n) is 22.5. The van der Waals surface area contributed by atoms with Crippen molar-refractivity contribution < 1.29 is 18.9 Å². The summed E-state index contributed by atoms with van der Waals surface area (Å²) in [4.78, 5) is 1.14. The van der Waals surface area contributed by atoms with Crippen LogP contribution in [0.3, 0.4) is 0 Å². The van der Waals surface area contributed by atoms with Crippen LogP contribution in [-0.2, 0) is 38.8 Å². The van der Waals surface area contributed by atoms with Gasteiger partial charge in [0.25, 0.3) is 0 Å². The van der Waals surface area contributed by atoms with E-state index in [2.05, 4.69) is 74.5 Å². The van der Waals surface area contributed by atoms with Crippen LogP contribution in [0.15, 0.2) is 120 Å². The Hall–Kier alpha value is -2.93. The van der Waals surface area contributed by atoms with Gasteiger partial charge in [-0.25, -0.2) is 0 Å². The molecule has 39 heavy (non-hydrogen) atoms. The van der Waals surface area contributed by atoms with Crippen LogP contribution in [0.1, 0.15) is 29.2 Å². The maximum Gasteiger partial charge on any atom is 0.136 e. The van der Waals surface area contributed by atoms with E-state index in [4.69, 9.17) is 18.9 Å². The number of rotatable bonds is 11. The highest BCUT2D eigenvalue weighted by atomic mass is 32.2. The normalized spacial score (nSPS) is 23.0. The van der Waals surface area contributed by atoms with Crippen molar-refractivity contribution in [3.63, 3.8) is 0 Å². The lowest BCUT2D eigenvalue weighted by molar-refractivity contribution is -0.242. The van der Waals surface area contributed by atoms with E-state index in [-0.39, 0.29) is 29.9 Å². The van der Waals surface area contributed by atoms with Crippen molar-refractivity contribution in [3.05, 3.63) is 138 Å². The summed E-state index contributed by atoms with van der Waals surface area (Å²) in [6.07, 6.45) is -1.17. The van der Waals surface area contributed by atoms with Crippen molar-refractivity contribution in [1.29, 1.82) is 0 Å². The second kappa shape index (κ2) is 13.9. The maximum absolute atomic E-state index is 6.69. The molecule has 0 radical (unpaired) electrons. The maximum atomic E-state index is 6.69. The van der Waals surface area contributed by atoms with E-state index in [1.54, 1.807) is 11.8 Å². The minimum absolute atomic E-state index is 0.186. The van der Waals surface area contributed by atoms with Gasteiger partial charge in [-0.1, -0.05) is 120 Å². The first kappa shape index (κ1) is 27.6. The Bertz CT molecular complexity index is 1250. The Kier molecular flexibility index (Phi) is 9.86. The molecule has 5 heteroatoms. The molecule has 5 rings (SSSR count). The molecule has 1 fully saturated rings. The molecular formula is C34H36O4S. The summed E-state index contributed by atoms with van der Waals surface area (Å²) in [5.41, 5.74) is 4.31. The van der Waals surface area contributed by atoms with Crippen molar-refractivity contribution in [1.82, 2.24) is 0 Å². The van der Waals surface area contributed by atoms with E-state index in [1.165, 1.54) is 5.56 Å². The highest BCUT2D eigenvalue weighted by Gasteiger charge is 2.47. The summed E-state index contributed by atoms with van der Waals surface area (Å²) in [6, 6.07) is 39.3. The van der Waals surface area contributed by atoms with Crippen LogP contribution in [0.5, 0.6) is 0 Å². The summed E-state index contributed by atoms with van der Waals surface area (Å²) in [7, 11) is 0. The summed E-state index contributed by atoms with van der Waals surface area (Å²) in [6.45, 7) is 5.58. The zero-order valence-corrected chi connectivity index (χ0v) is 23.3. The highest BCUT2D eigenvalue weighted by molar-refractivity contribution is 7.99. The quantitative estimate of drug-likeness (QED) is 0.196. The van der Waals surface area contributed by atoms with Crippen LogP contribution in [0, 0.1) is 6.92 Å². The third-order valence-corrected chi connectivity index (χ3v) is 8.01. The molecule has 0 N–H and O–H groups in total. The predicted molar refractivity (Wildman–Crippen MR) is 156 cm³/mol. The Morgan fingerprint density at radius 2 is 1.00 bits per heavy atom. The lowest BCUT2D eigenvalue weighted by atomic mass is 9.99. The fourth-order valence-corrected chi connectivity index (χ4v) is 5.87. The van der Waals surface area contributed by atoms with Crippen molar-refractivity contribution in [2.75, 3.05) is 0 Å². The Morgan fingerprint density at radius 3 is 1.49 bits per heavy atom. The van der Waals surface area contributed by atoms with Crippen LogP contribution >= 0.6 is 11.8 Å². The largest absolute Gasteiger partial charge is 0.368 e. The van der Waals surface area contributed by atoms with Gasteiger partial charge >= 0.3 is 0 Å². The minimum Gasteiger partial charge on any atom is -0.368 e. The first-order valence-electron chi connectivity index (χ1n) is 13.5. The van der Waals surface area contributed by atoms with Crippen LogP contribution in [-0.4, -0.2) is 29.9 Å². The van der Waals surface area contributed by atoms with Gasteiger partial charge in [0.05, 0.1) is 25.9 Å². The minimum atomic E-state index is -0.350. The van der Waals surface area contributed by atoms with Gasteiger partial charge in [-0.15, -0.1) is 0 Å². The van der Waals surface area contributed by atoms with E-state index >= 15 is 0 Å². The summed E-state index contributed by atoms with van der Waals surface area (Å²) in [5, 5.41) is 0. The molecule has 1 aliphatic heterocycles. The Balaban J connectivity index is 1.42. The monoisotopic (exact) mass is 540 g/mol. The van der Waals surface area contributed by atoms with Crippen LogP contribution in [0.25, 0.3) is 0 Å². The lowest BCUT2D eigenvalue weighted by Crippen LogP contribution is -2.58. The molecule has 4 nitrogen and oxygen atoms in total. The number of hydrogen-bond acceptors (Lipinski definition) is 5. The van der Waals surface area contributed by atoms with Crippen LogP contribution in [0.4, 0.5) is 0 Å². The van der Waals surface area contributed by atoms with E-state index in [0.29, 0.717) is 19.8 Å². The van der Waals surface area contributed by atoms with Crippen molar-refractivity contribution in [3.8, 4) is 0 Å².